The second kappa shape index (κ2) is 6.36. The van der Waals surface area contributed by atoms with Crippen LogP contribution in [-0.4, -0.2) is 15.0 Å². The molecule has 0 fully saturated rings. The van der Waals surface area contributed by atoms with E-state index in [1.165, 1.54) is 0 Å². The number of nitrogen functional groups attached to an aromatic ring is 1. The predicted octanol–water partition coefficient (Wildman–Crippen LogP) is 2.53. The summed E-state index contributed by atoms with van der Waals surface area (Å²) in [5, 5.41) is -0.176. The van der Waals surface area contributed by atoms with Crippen molar-refractivity contribution >= 4 is 27.3 Å². The zero-order chi connectivity index (χ0) is 13.8. The van der Waals surface area contributed by atoms with Crippen molar-refractivity contribution in [2.45, 2.75) is 31.1 Å². The molecule has 0 aromatic heterocycles. The minimum absolute atomic E-state index is 0.176. The number of anilines is 1. The van der Waals surface area contributed by atoms with Crippen LogP contribution in [0.25, 0.3) is 0 Å². The monoisotopic (exact) mass is 294 g/mol. The molecule has 0 aliphatic carbocycles. The average molecular weight is 295 g/mol. The second-order valence-corrected chi connectivity index (χ2v) is 6.05. The summed E-state index contributed by atoms with van der Waals surface area (Å²) in [6.07, 6.45) is 2.66. The molecule has 0 aliphatic heterocycles. The van der Waals surface area contributed by atoms with Gasteiger partial charge in [-0.1, -0.05) is 31.4 Å². The SMILES string of the molecule is CCCCCNS(=O)(=O)c1cc(N)c(F)cc1Cl. The summed E-state index contributed by atoms with van der Waals surface area (Å²) in [6, 6.07) is 1.93. The van der Waals surface area contributed by atoms with Crippen molar-refractivity contribution in [2.24, 2.45) is 0 Å². The number of nitrogens with one attached hydrogen (secondary N) is 1. The van der Waals surface area contributed by atoms with Gasteiger partial charge in [0, 0.05) is 6.54 Å². The summed E-state index contributed by atoms with van der Waals surface area (Å²) in [6.45, 7) is 2.34. The molecular weight excluding hydrogens is 279 g/mol. The van der Waals surface area contributed by atoms with E-state index in [0.29, 0.717) is 6.54 Å². The average Bonchev–Trinajstić information content (AvgIpc) is 2.29. The van der Waals surface area contributed by atoms with Crippen LogP contribution in [0.4, 0.5) is 10.1 Å². The quantitative estimate of drug-likeness (QED) is 0.625. The number of hydrogen-bond acceptors (Lipinski definition) is 3. The Hall–Kier alpha value is -0.850. The molecule has 0 atom stereocenters. The van der Waals surface area contributed by atoms with Gasteiger partial charge in [0.05, 0.1) is 10.7 Å². The van der Waals surface area contributed by atoms with E-state index in [1.807, 2.05) is 6.92 Å². The highest BCUT2D eigenvalue weighted by atomic mass is 35.5. The van der Waals surface area contributed by atoms with Gasteiger partial charge >= 0.3 is 0 Å². The van der Waals surface area contributed by atoms with Crippen molar-refractivity contribution < 1.29 is 12.8 Å². The largest absolute Gasteiger partial charge is 0.396 e. The van der Waals surface area contributed by atoms with E-state index < -0.39 is 15.8 Å². The molecule has 1 aromatic carbocycles. The van der Waals surface area contributed by atoms with Crippen LogP contribution in [0.5, 0.6) is 0 Å². The van der Waals surface area contributed by atoms with Crippen molar-refractivity contribution in [2.75, 3.05) is 12.3 Å². The van der Waals surface area contributed by atoms with Crippen molar-refractivity contribution in [3.8, 4) is 0 Å². The predicted molar refractivity (Wildman–Crippen MR) is 70.5 cm³/mol. The third-order valence-corrected chi connectivity index (χ3v) is 4.34. The fraction of sp³-hybridized carbons (Fsp3) is 0.455. The van der Waals surface area contributed by atoms with Crippen molar-refractivity contribution in [1.82, 2.24) is 4.72 Å². The van der Waals surface area contributed by atoms with E-state index in [1.54, 1.807) is 0 Å². The summed E-state index contributed by atoms with van der Waals surface area (Å²) in [4.78, 5) is -0.195. The van der Waals surface area contributed by atoms with Gasteiger partial charge in [0.15, 0.2) is 0 Å². The number of benzene rings is 1. The van der Waals surface area contributed by atoms with Crippen LogP contribution >= 0.6 is 11.6 Å². The molecule has 7 heteroatoms. The van der Waals surface area contributed by atoms with Gasteiger partial charge in [-0.3, -0.25) is 0 Å². The summed E-state index contributed by atoms with van der Waals surface area (Å²) in [5.41, 5.74) is 5.09. The lowest BCUT2D eigenvalue weighted by molar-refractivity contribution is 0.575. The summed E-state index contributed by atoms with van der Waals surface area (Å²) in [7, 11) is -3.74. The van der Waals surface area contributed by atoms with Crippen LogP contribution < -0.4 is 10.5 Å². The van der Waals surface area contributed by atoms with E-state index in [9.17, 15) is 12.8 Å². The lowest BCUT2D eigenvalue weighted by Gasteiger charge is -2.09. The van der Waals surface area contributed by atoms with Gasteiger partial charge in [0.1, 0.15) is 10.7 Å². The third kappa shape index (κ3) is 3.83. The van der Waals surface area contributed by atoms with E-state index in [2.05, 4.69) is 4.72 Å². The first kappa shape index (κ1) is 15.2. The number of sulfonamides is 1. The molecule has 0 heterocycles. The number of rotatable bonds is 6. The Morgan fingerprint density at radius 3 is 2.67 bits per heavy atom. The first-order valence-electron chi connectivity index (χ1n) is 5.62. The molecule has 4 nitrogen and oxygen atoms in total. The number of nitrogens with two attached hydrogens (primary N) is 1. The zero-order valence-corrected chi connectivity index (χ0v) is 11.6. The molecule has 0 aliphatic rings. The van der Waals surface area contributed by atoms with E-state index in [4.69, 9.17) is 17.3 Å². The molecule has 0 unspecified atom stereocenters. The highest BCUT2D eigenvalue weighted by Crippen LogP contribution is 2.26. The van der Waals surface area contributed by atoms with Crippen LogP contribution in [0.2, 0.25) is 5.02 Å². The summed E-state index contributed by atoms with van der Waals surface area (Å²) >= 11 is 5.71. The number of halogens is 2. The smallest absolute Gasteiger partial charge is 0.242 e. The summed E-state index contributed by atoms with van der Waals surface area (Å²) < 4.78 is 39.3. The van der Waals surface area contributed by atoms with Crippen molar-refractivity contribution in [1.29, 1.82) is 0 Å². The fourth-order valence-corrected chi connectivity index (χ4v) is 3.03. The molecule has 0 radical (unpaired) electrons. The van der Waals surface area contributed by atoms with Gasteiger partial charge in [-0.2, -0.15) is 0 Å². The minimum atomic E-state index is -3.74. The molecule has 0 spiro atoms. The minimum Gasteiger partial charge on any atom is -0.396 e. The molecule has 102 valence electrons. The van der Waals surface area contributed by atoms with Crippen LogP contribution in [0.3, 0.4) is 0 Å². The van der Waals surface area contributed by atoms with Crippen molar-refractivity contribution in [3.05, 3.63) is 23.0 Å². The molecular formula is C11H16ClFN2O2S. The first-order valence-corrected chi connectivity index (χ1v) is 7.48. The van der Waals surface area contributed by atoms with Crippen LogP contribution in [0.15, 0.2) is 17.0 Å². The van der Waals surface area contributed by atoms with E-state index in [-0.39, 0.29) is 15.6 Å². The van der Waals surface area contributed by atoms with Gasteiger partial charge in [-0.25, -0.2) is 17.5 Å². The van der Waals surface area contributed by atoms with Crippen LogP contribution in [0, 0.1) is 5.82 Å². The molecule has 0 saturated carbocycles. The zero-order valence-electron chi connectivity index (χ0n) is 10.0. The Morgan fingerprint density at radius 2 is 2.06 bits per heavy atom. The van der Waals surface area contributed by atoms with Gasteiger partial charge in [-0.05, 0) is 18.6 Å². The Bertz CT molecular complexity index is 520. The maximum Gasteiger partial charge on any atom is 0.242 e. The van der Waals surface area contributed by atoms with E-state index in [0.717, 1.165) is 31.4 Å². The normalized spacial score (nSPS) is 11.7. The van der Waals surface area contributed by atoms with Crippen molar-refractivity contribution in [3.63, 3.8) is 0 Å². The standard InChI is InChI=1S/C11H16ClFN2O2S/c1-2-3-4-5-15-18(16,17)11-7-10(14)9(13)6-8(11)12/h6-7,15H,2-5,14H2,1H3. The maximum atomic E-state index is 13.1. The molecule has 0 saturated heterocycles. The van der Waals surface area contributed by atoms with Gasteiger partial charge in [-0.15, -0.1) is 0 Å². The first-order chi connectivity index (χ1) is 8.38. The van der Waals surface area contributed by atoms with Crippen LogP contribution in [0.1, 0.15) is 26.2 Å². The van der Waals surface area contributed by atoms with Gasteiger partial charge in [0.25, 0.3) is 0 Å². The Labute approximate surface area is 111 Å². The van der Waals surface area contributed by atoms with Gasteiger partial charge < -0.3 is 5.73 Å². The lowest BCUT2D eigenvalue weighted by atomic mass is 10.3. The number of unbranched alkanes of at least 4 members (excludes halogenated alkanes) is 2. The molecule has 1 aromatic rings. The van der Waals surface area contributed by atoms with Gasteiger partial charge in [0.2, 0.25) is 10.0 Å². The topological polar surface area (TPSA) is 72.2 Å². The Kier molecular flexibility index (Phi) is 5.37. The molecule has 3 N–H and O–H groups in total. The number of hydrogen-bond donors (Lipinski definition) is 2. The second-order valence-electron chi connectivity index (χ2n) is 3.91. The molecule has 0 bridgehead atoms. The Morgan fingerprint density at radius 1 is 1.39 bits per heavy atom. The van der Waals surface area contributed by atoms with E-state index >= 15 is 0 Å². The third-order valence-electron chi connectivity index (χ3n) is 2.41. The summed E-state index contributed by atoms with van der Waals surface area (Å²) in [5.74, 6) is -0.732. The highest BCUT2D eigenvalue weighted by Gasteiger charge is 2.19. The molecule has 1 rings (SSSR count). The Balaban J connectivity index is 2.88. The van der Waals surface area contributed by atoms with Crippen LogP contribution in [-0.2, 0) is 10.0 Å². The maximum absolute atomic E-state index is 13.1. The molecule has 0 amide bonds. The lowest BCUT2D eigenvalue weighted by Crippen LogP contribution is -2.25. The highest BCUT2D eigenvalue weighted by molar-refractivity contribution is 7.89. The fourth-order valence-electron chi connectivity index (χ4n) is 1.41. The molecule has 18 heavy (non-hydrogen) atoms.